The van der Waals surface area contributed by atoms with Crippen LogP contribution in [0.4, 0.5) is 10.3 Å². The molecule has 1 aliphatic heterocycles. The predicted octanol–water partition coefficient (Wildman–Crippen LogP) is 3.56. The molecule has 3 heterocycles. The van der Waals surface area contributed by atoms with Crippen molar-refractivity contribution in [3.8, 4) is 5.88 Å². The number of nitrogens with zero attached hydrogens (tertiary/aromatic N) is 4. The molecule has 0 unspecified atom stereocenters. The number of aromatic hydroxyl groups is 1. The Bertz CT molecular complexity index is 900. The smallest absolute Gasteiger partial charge is 0.225 e. The lowest BCUT2D eigenvalue weighted by Crippen LogP contribution is -2.33. The van der Waals surface area contributed by atoms with Crippen molar-refractivity contribution in [2.24, 2.45) is 5.92 Å². The summed E-state index contributed by atoms with van der Waals surface area (Å²) in [6.45, 7) is 4.58. The molecule has 0 amide bonds. The molecule has 1 N–H and O–H groups in total. The molecule has 0 atom stereocenters. The van der Waals surface area contributed by atoms with Crippen molar-refractivity contribution in [3.63, 3.8) is 0 Å². The quantitative estimate of drug-likeness (QED) is 0.792. The van der Waals surface area contributed by atoms with Crippen molar-refractivity contribution in [1.29, 1.82) is 0 Å². The first-order valence-corrected chi connectivity index (χ1v) is 8.64. The monoisotopic (exact) mass is 340 g/mol. The topological polar surface area (TPSA) is 54.2 Å². The summed E-state index contributed by atoms with van der Waals surface area (Å²) in [5, 5.41) is 11.0. The van der Waals surface area contributed by atoms with E-state index in [0.29, 0.717) is 23.4 Å². The summed E-state index contributed by atoms with van der Waals surface area (Å²) in [6.07, 6.45) is 5.76. The molecule has 2 aromatic heterocycles. The molecular formula is C19H21FN4O. The molecule has 4 rings (SSSR count). The van der Waals surface area contributed by atoms with Gasteiger partial charge in [-0.05, 0) is 36.5 Å². The maximum atomic E-state index is 13.4. The van der Waals surface area contributed by atoms with Gasteiger partial charge in [-0.25, -0.2) is 14.4 Å². The van der Waals surface area contributed by atoms with E-state index in [1.807, 2.05) is 6.07 Å². The molecule has 0 bridgehead atoms. The van der Waals surface area contributed by atoms with Crippen molar-refractivity contribution < 1.29 is 9.50 Å². The number of benzene rings is 1. The fraction of sp³-hybridized carbons (Fsp3) is 0.368. The van der Waals surface area contributed by atoms with Crippen molar-refractivity contribution >= 4 is 16.9 Å². The maximum absolute atomic E-state index is 13.4. The van der Waals surface area contributed by atoms with Crippen molar-refractivity contribution in [3.05, 3.63) is 48.0 Å². The Hall–Kier alpha value is -2.63. The number of hydrogen-bond donors (Lipinski definition) is 1. The van der Waals surface area contributed by atoms with Crippen molar-refractivity contribution in [2.45, 2.75) is 26.3 Å². The van der Waals surface area contributed by atoms with Gasteiger partial charge in [0.2, 0.25) is 11.8 Å². The van der Waals surface area contributed by atoms with Gasteiger partial charge in [0.1, 0.15) is 5.82 Å². The number of rotatable bonds is 3. The molecule has 6 heteroatoms. The fourth-order valence-corrected chi connectivity index (χ4v) is 3.33. The fourth-order valence-electron chi connectivity index (χ4n) is 3.33. The van der Waals surface area contributed by atoms with Crippen LogP contribution in [-0.2, 0) is 6.54 Å². The third-order valence-corrected chi connectivity index (χ3v) is 4.91. The van der Waals surface area contributed by atoms with Crippen molar-refractivity contribution in [1.82, 2.24) is 14.5 Å². The first-order chi connectivity index (χ1) is 12.1. The van der Waals surface area contributed by atoms with E-state index in [1.54, 1.807) is 23.0 Å². The van der Waals surface area contributed by atoms with Crippen LogP contribution >= 0.6 is 0 Å². The summed E-state index contributed by atoms with van der Waals surface area (Å²) >= 11 is 0. The Morgan fingerprint density at radius 2 is 2.08 bits per heavy atom. The minimum absolute atomic E-state index is 0.109. The van der Waals surface area contributed by atoms with E-state index in [-0.39, 0.29) is 11.7 Å². The van der Waals surface area contributed by atoms with Gasteiger partial charge in [-0.15, -0.1) is 0 Å². The van der Waals surface area contributed by atoms with Crippen LogP contribution in [0.15, 0.2) is 36.7 Å². The van der Waals surface area contributed by atoms with E-state index in [1.165, 1.54) is 12.1 Å². The molecule has 130 valence electrons. The molecule has 1 saturated heterocycles. The van der Waals surface area contributed by atoms with Gasteiger partial charge in [-0.2, -0.15) is 0 Å². The van der Waals surface area contributed by atoms with Gasteiger partial charge in [-0.3, -0.25) is 0 Å². The maximum Gasteiger partial charge on any atom is 0.225 e. The Kier molecular flexibility index (Phi) is 4.03. The van der Waals surface area contributed by atoms with Crippen LogP contribution in [-0.4, -0.2) is 32.7 Å². The number of aromatic nitrogens is 3. The highest BCUT2D eigenvalue weighted by molar-refractivity contribution is 5.84. The van der Waals surface area contributed by atoms with Crippen LogP contribution < -0.4 is 4.90 Å². The van der Waals surface area contributed by atoms with E-state index in [2.05, 4.69) is 21.8 Å². The second-order valence-corrected chi connectivity index (χ2v) is 6.85. The van der Waals surface area contributed by atoms with Gasteiger partial charge in [-0.1, -0.05) is 19.1 Å². The molecule has 0 saturated carbocycles. The third-order valence-electron chi connectivity index (χ3n) is 4.91. The summed E-state index contributed by atoms with van der Waals surface area (Å²) in [5.74, 6) is 1.28. The predicted molar refractivity (Wildman–Crippen MR) is 95.3 cm³/mol. The second-order valence-electron chi connectivity index (χ2n) is 6.85. The van der Waals surface area contributed by atoms with Crippen LogP contribution in [0.3, 0.4) is 0 Å². The molecule has 1 fully saturated rings. The van der Waals surface area contributed by atoms with Gasteiger partial charge >= 0.3 is 0 Å². The van der Waals surface area contributed by atoms with Gasteiger partial charge in [0.05, 0.1) is 17.4 Å². The first-order valence-electron chi connectivity index (χ1n) is 8.64. The lowest BCUT2D eigenvalue weighted by Gasteiger charge is -2.30. The van der Waals surface area contributed by atoms with E-state index in [0.717, 1.165) is 37.4 Å². The molecule has 3 aromatic rings. The summed E-state index contributed by atoms with van der Waals surface area (Å²) in [5.41, 5.74) is 1.49. The minimum Gasteiger partial charge on any atom is -0.494 e. The van der Waals surface area contributed by atoms with E-state index in [9.17, 15) is 9.50 Å². The summed E-state index contributed by atoms with van der Waals surface area (Å²) < 4.78 is 15.0. The number of anilines is 1. The Morgan fingerprint density at radius 1 is 1.28 bits per heavy atom. The molecule has 1 aliphatic rings. The summed E-state index contributed by atoms with van der Waals surface area (Å²) in [6, 6.07) is 6.38. The first kappa shape index (κ1) is 15.9. The molecule has 0 aliphatic carbocycles. The highest BCUT2D eigenvalue weighted by atomic mass is 19.1. The molecule has 0 radical (unpaired) electrons. The minimum atomic E-state index is -0.282. The zero-order chi connectivity index (χ0) is 17.4. The van der Waals surface area contributed by atoms with Crippen LogP contribution in [0.25, 0.3) is 10.9 Å². The van der Waals surface area contributed by atoms with Gasteiger partial charge < -0.3 is 14.6 Å². The SMILES string of the molecule is CC1CCN(c2ncc3c(O)n(Cc4cccc(F)c4)cc3n2)CC1. The average molecular weight is 340 g/mol. The van der Waals surface area contributed by atoms with Crippen LogP contribution in [0.1, 0.15) is 25.3 Å². The number of hydrogen-bond acceptors (Lipinski definition) is 4. The molecule has 25 heavy (non-hydrogen) atoms. The van der Waals surface area contributed by atoms with Crippen LogP contribution in [0.5, 0.6) is 5.88 Å². The Labute approximate surface area is 145 Å². The zero-order valence-electron chi connectivity index (χ0n) is 14.2. The standard InChI is InChI=1S/C19H21FN4O/c1-13-5-7-23(8-6-13)19-21-10-16-17(22-19)12-24(18(16)25)11-14-3-2-4-15(20)9-14/h2-4,9-10,12-13,25H,5-8,11H2,1H3. The van der Waals surface area contributed by atoms with Crippen molar-refractivity contribution in [2.75, 3.05) is 18.0 Å². The van der Waals surface area contributed by atoms with E-state index < -0.39 is 0 Å². The Balaban J connectivity index is 1.63. The normalized spacial score (nSPS) is 15.8. The number of fused-ring (bicyclic) bond motifs is 1. The molecule has 5 nitrogen and oxygen atoms in total. The van der Waals surface area contributed by atoms with E-state index >= 15 is 0 Å². The molecule has 0 spiro atoms. The average Bonchev–Trinajstić information content (AvgIpc) is 2.91. The highest BCUT2D eigenvalue weighted by Crippen LogP contribution is 2.28. The van der Waals surface area contributed by atoms with E-state index in [4.69, 9.17) is 0 Å². The third kappa shape index (κ3) is 3.16. The van der Waals surface area contributed by atoms with Crippen LogP contribution in [0, 0.1) is 11.7 Å². The van der Waals surface area contributed by atoms with Crippen LogP contribution in [0.2, 0.25) is 0 Å². The lowest BCUT2D eigenvalue weighted by atomic mass is 10.00. The lowest BCUT2D eigenvalue weighted by molar-refractivity contribution is 0.430. The van der Waals surface area contributed by atoms with Gasteiger partial charge in [0, 0.05) is 25.5 Å². The summed E-state index contributed by atoms with van der Waals surface area (Å²) in [7, 11) is 0. The van der Waals surface area contributed by atoms with Gasteiger partial charge in [0.15, 0.2) is 0 Å². The molecule has 1 aromatic carbocycles. The number of halogens is 1. The number of piperidine rings is 1. The zero-order valence-corrected chi connectivity index (χ0v) is 14.2. The highest BCUT2D eigenvalue weighted by Gasteiger charge is 2.19. The largest absolute Gasteiger partial charge is 0.494 e. The molecular weight excluding hydrogens is 319 g/mol. The Morgan fingerprint density at radius 3 is 2.84 bits per heavy atom. The second kappa shape index (κ2) is 6.35. The summed E-state index contributed by atoms with van der Waals surface area (Å²) in [4.78, 5) is 11.3. The van der Waals surface area contributed by atoms with Gasteiger partial charge in [0.25, 0.3) is 0 Å².